The molecule has 2 rings (SSSR count). The minimum atomic E-state index is -2.47. The number of aliphatic hydroxyl groups excluding tert-OH is 1. The fourth-order valence-corrected chi connectivity index (χ4v) is 3.36. The van der Waals surface area contributed by atoms with Crippen LogP contribution in [-0.2, 0) is 23.6 Å². The molecular weight excluding hydrogens is 382 g/mol. The maximum absolute atomic E-state index is 15.5. The first-order valence-electron chi connectivity index (χ1n) is 8.06. The maximum Gasteiger partial charge on any atom is 0.262 e. The number of hydrogen-bond donors (Lipinski definition) is 3. The number of rotatable bonds is 7. The van der Waals surface area contributed by atoms with E-state index in [-0.39, 0.29) is 30.2 Å². The average Bonchev–Trinajstić information content (AvgIpc) is 2.60. The van der Waals surface area contributed by atoms with Crippen molar-refractivity contribution >= 4 is 29.1 Å². The van der Waals surface area contributed by atoms with E-state index in [1.54, 1.807) is 6.92 Å². The molecule has 1 atom stereocenters. The van der Waals surface area contributed by atoms with Crippen molar-refractivity contribution in [2.75, 3.05) is 0 Å². The third-order valence-corrected chi connectivity index (χ3v) is 4.60. The lowest BCUT2D eigenvalue weighted by atomic mass is 9.91. The molecule has 0 bridgehead atoms. The van der Waals surface area contributed by atoms with Crippen molar-refractivity contribution in [3.8, 4) is 0 Å². The molecule has 8 heteroatoms. The number of aromatic amines is 1. The Morgan fingerprint density at radius 2 is 2.12 bits per heavy atom. The van der Waals surface area contributed by atoms with Crippen LogP contribution in [0.5, 0.6) is 0 Å². The zero-order valence-electron chi connectivity index (χ0n) is 14.1. The molecule has 0 fully saturated rings. The van der Waals surface area contributed by atoms with Crippen molar-refractivity contribution < 1.29 is 14.3 Å². The number of halogens is 3. The van der Waals surface area contributed by atoms with E-state index in [0.717, 1.165) is 0 Å². The number of H-pyrrole nitrogens is 1. The van der Waals surface area contributed by atoms with Crippen LogP contribution in [0.1, 0.15) is 36.5 Å². The van der Waals surface area contributed by atoms with Crippen LogP contribution >= 0.6 is 23.2 Å². The number of pyridine rings is 1. The van der Waals surface area contributed by atoms with Gasteiger partial charge in [0, 0.05) is 22.8 Å². The Kier molecular flexibility index (Phi) is 6.81. The first-order valence-corrected chi connectivity index (χ1v) is 8.82. The van der Waals surface area contributed by atoms with E-state index in [9.17, 15) is 14.7 Å². The van der Waals surface area contributed by atoms with Gasteiger partial charge in [0.1, 0.15) is 0 Å². The maximum atomic E-state index is 15.5. The summed E-state index contributed by atoms with van der Waals surface area (Å²) in [5.74, 6) is -0.939. The molecule has 2 aromatic rings. The zero-order valence-corrected chi connectivity index (χ0v) is 15.6. The number of alkyl halides is 1. The van der Waals surface area contributed by atoms with Crippen LogP contribution in [0.3, 0.4) is 0 Å². The Morgan fingerprint density at radius 3 is 2.73 bits per heavy atom. The Labute approximate surface area is 160 Å². The van der Waals surface area contributed by atoms with Crippen molar-refractivity contribution in [3.63, 3.8) is 0 Å². The largest absolute Gasteiger partial charge is 0.392 e. The number of carbonyl (C=O) groups is 1. The quantitative estimate of drug-likeness (QED) is 0.665. The molecule has 1 aromatic carbocycles. The Hall–Kier alpha value is -1.89. The van der Waals surface area contributed by atoms with Gasteiger partial charge in [-0.3, -0.25) is 9.59 Å². The topological polar surface area (TPSA) is 82.2 Å². The molecule has 0 aliphatic carbocycles. The number of aromatic nitrogens is 1. The summed E-state index contributed by atoms with van der Waals surface area (Å²) in [5, 5.41) is 12.5. The third kappa shape index (κ3) is 4.26. The molecule has 0 aliphatic heterocycles. The van der Waals surface area contributed by atoms with E-state index in [1.807, 2.05) is 0 Å². The van der Waals surface area contributed by atoms with Crippen molar-refractivity contribution in [2.45, 2.75) is 38.6 Å². The highest BCUT2D eigenvalue weighted by atomic mass is 35.5. The van der Waals surface area contributed by atoms with E-state index < -0.39 is 17.1 Å². The van der Waals surface area contributed by atoms with Gasteiger partial charge >= 0.3 is 0 Å². The molecule has 0 spiro atoms. The van der Waals surface area contributed by atoms with Gasteiger partial charge in [-0.15, -0.1) is 0 Å². The number of nitrogens with one attached hydrogen (secondary N) is 2. The first-order chi connectivity index (χ1) is 12.3. The van der Waals surface area contributed by atoms with Crippen molar-refractivity contribution in [3.05, 3.63) is 67.6 Å². The molecule has 3 N–H and O–H groups in total. The summed E-state index contributed by atoms with van der Waals surface area (Å²) in [7, 11) is 0. The van der Waals surface area contributed by atoms with Gasteiger partial charge in [0.2, 0.25) is 5.67 Å². The molecule has 0 aliphatic rings. The third-order valence-electron chi connectivity index (χ3n) is 4.05. The predicted molar refractivity (Wildman–Crippen MR) is 99.0 cm³/mol. The Bertz CT molecular complexity index is 857. The van der Waals surface area contributed by atoms with Gasteiger partial charge in [0.25, 0.3) is 11.5 Å². The summed E-state index contributed by atoms with van der Waals surface area (Å²) in [4.78, 5) is 26.9. The van der Waals surface area contributed by atoms with Gasteiger partial charge in [0.15, 0.2) is 0 Å². The van der Waals surface area contributed by atoms with Gasteiger partial charge in [-0.2, -0.15) is 0 Å². The molecule has 140 valence electrons. The minimum Gasteiger partial charge on any atom is -0.392 e. The van der Waals surface area contributed by atoms with Crippen molar-refractivity contribution in [2.24, 2.45) is 0 Å². The fraction of sp³-hybridized carbons (Fsp3) is 0.333. The van der Waals surface area contributed by atoms with E-state index in [2.05, 4.69) is 10.3 Å². The second kappa shape index (κ2) is 8.66. The molecule has 0 radical (unpaired) electrons. The lowest BCUT2D eigenvalue weighted by Gasteiger charge is -2.24. The first kappa shape index (κ1) is 20.4. The van der Waals surface area contributed by atoms with Gasteiger partial charge in [-0.1, -0.05) is 36.5 Å². The highest BCUT2D eigenvalue weighted by molar-refractivity contribution is 6.35. The van der Waals surface area contributed by atoms with E-state index in [4.69, 9.17) is 23.2 Å². The van der Waals surface area contributed by atoms with Crippen molar-refractivity contribution in [1.82, 2.24) is 10.3 Å². The summed E-state index contributed by atoms with van der Waals surface area (Å²) in [6.45, 7) is 1.28. The van der Waals surface area contributed by atoms with Gasteiger partial charge in [-0.25, -0.2) is 4.39 Å². The molecule has 0 saturated carbocycles. The van der Waals surface area contributed by atoms with Crippen LogP contribution in [0, 0.1) is 0 Å². The van der Waals surface area contributed by atoms with Crippen LogP contribution in [0.25, 0.3) is 0 Å². The van der Waals surface area contributed by atoms with Gasteiger partial charge < -0.3 is 15.4 Å². The van der Waals surface area contributed by atoms with Crippen LogP contribution in [-0.4, -0.2) is 16.0 Å². The van der Waals surface area contributed by atoms with Gasteiger partial charge in [0.05, 0.1) is 12.2 Å². The minimum absolute atomic E-state index is 0.106. The SMILES string of the molecule is CCC[C@@](F)(C(=O)NCc1c(Cl)cc(Cl)cc1CO)c1ccc[nH]c1=O. The van der Waals surface area contributed by atoms with E-state index >= 15 is 4.39 Å². The number of benzene rings is 1. The molecule has 0 saturated heterocycles. The highest BCUT2D eigenvalue weighted by Crippen LogP contribution is 2.30. The Balaban J connectivity index is 2.30. The van der Waals surface area contributed by atoms with Crippen LogP contribution in [0.4, 0.5) is 4.39 Å². The molecule has 26 heavy (non-hydrogen) atoms. The molecular formula is C18H19Cl2FN2O3. The second-order valence-corrected chi connectivity index (χ2v) is 6.67. The lowest BCUT2D eigenvalue weighted by molar-refractivity contribution is -0.134. The Morgan fingerprint density at radius 1 is 1.38 bits per heavy atom. The molecule has 1 heterocycles. The zero-order chi connectivity index (χ0) is 19.3. The summed E-state index contributed by atoms with van der Waals surface area (Å²) in [5.41, 5.74) is -2.50. The smallest absolute Gasteiger partial charge is 0.262 e. The normalized spacial score (nSPS) is 13.3. The number of carbonyl (C=O) groups excluding carboxylic acids is 1. The summed E-state index contributed by atoms with van der Waals surface area (Å²) >= 11 is 12.0. The van der Waals surface area contributed by atoms with Crippen LogP contribution in [0.15, 0.2) is 35.3 Å². The second-order valence-electron chi connectivity index (χ2n) is 5.83. The van der Waals surface area contributed by atoms with Crippen LogP contribution in [0.2, 0.25) is 10.0 Å². The monoisotopic (exact) mass is 400 g/mol. The average molecular weight is 401 g/mol. The molecule has 1 amide bonds. The number of aliphatic hydroxyl groups is 1. The standard InChI is InChI=1S/C18H19Cl2FN2O3/c1-2-5-18(21,14-4-3-6-22-16(14)25)17(26)23-9-13-11(10-24)7-12(19)8-15(13)20/h3-4,6-8,24H,2,5,9-10H2,1H3,(H,22,25)(H,23,26)/t18-/m0/s1. The fourth-order valence-electron chi connectivity index (χ4n) is 2.75. The summed E-state index contributed by atoms with van der Waals surface area (Å²) < 4.78 is 15.5. The highest BCUT2D eigenvalue weighted by Gasteiger charge is 2.41. The lowest BCUT2D eigenvalue weighted by Crippen LogP contribution is -2.44. The van der Waals surface area contributed by atoms with E-state index in [1.165, 1.54) is 30.5 Å². The molecule has 1 aromatic heterocycles. The van der Waals surface area contributed by atoms with Crippen LogP contribution < -0.4 is 10.9 Å². The summed E-state index contributed by atoms with van der Waals surface area (Å²) in [6.07, 6.45) is 1.59. The number of hydrogen-bond acceptors (Lipinski definition) is 3. The summed E-state index contributed by atoms with van der Waals surface area (Å²) in [6, 6.07) is 5.75. The molecule has 0 unspecified atom stereocenters. The predicted octanol–water partition coefficient (Wildman–Crippen LogP) is 3.46. The van der Waals surface area contributed by atoms with Gasteiger partial charge in [-0.05, 0) is 41.8 Å². The molecule has 5 nitrogen and oxygen atoms in total. The van der Waals surface area contributed by atoms with Crippen molar-refractivity contribution in [1.29, 1.82) is 0 Å². The number of amides is 1. The van der Waals surface area contributed by atoms with E-state index in [0.29, 0.717) is 22.6 Å².